The van der Waals surface area contributed by atoms with E-state index in [-0.39, 0.29) is 17.4 Å². The standard InChI is InChI=1S/C12H18ClNO2/c1-8(13)11(15)14-10(12(2,3)4)9-6-5-7-16-9/h5-8,10H,1-4H3,(H,14,15). The predicted octanol–water partition coefficient (Wildman–Crippen LogP) is 3.11. The Kier molecular flexibility index (Phi) is 4.03. The molecule has 1 amide bonds. The minimum atomic E-state index is -0.542. The van der Waals surface area contributed by atoms with Gasteiger partial charge in [-0.1, -0.05) is 20.8 Å². The van der Waals surface area contributed by atoms with Crippen molar-refractivity contribution in [1.29, 1.82) is 0 Å². The summed E-state index contributed by atoms with van der Waals surface area (Å²) in [4.78, 5) is 11.6. The fraction of sp³-hybridized carbons (Fsp3) is 0.583. The number of hydrogen-bond donors (Lipinski definition) is 1. The second-order valence-corrected chi connectivity index (χ2v) is 5.59. The lowest BCUT2D eigenvalue weighted by Gasteiger charge is -2.30. The van der Waals surface area contributed by atoms with E-state index in [9.17, 15) is 4.79 Å². The Labute approximate surface area is 101 Å². The van der Waals surface area contributed by atoms with Crippen LogP contribution in [-0.4, -0.2) is 11.3 Å². The molecule has 0 radical (unpaired) electrons. The van der Waals surface area contributed by atoms with Gasteiger partial charge in [0.2, 0.25) is 5.91 Å². The average Bonchev–Trinajstić information content (AvgIpc) is 2.63. The highest BCUT2D eigenvalue weighted by atomic mass is 35.5. The summed E-state index contributed by atoms with van der Waals surface area (Å²) in [5.41, 5.74) is -0.126. The minimum absolute atomic E-state index is 0.126. The van der Waals surface area contributed by atoms with Gasteiger partial charge < -0.3 is 9.73 Å². The predicted molar refractivity (Wildman–Crippen MR) is 64.4 cm³/mol. The van der Waals surface area contributed by atoms with E-state index < -0.39 is 5.38 Å². The Balaban J connectivity index is 2.86. The maximum absolute atomic E-state index is 11.6. The summed E-state index contributed by atoms with van der Waals surface area (Å²) in [6.45, 7) is 7.77. The number of furan rings is 1. The average molecular weight is 244 g/mol. The molecular weight excluding hydrogens is 226 g/mol. The zero-order chi connectivity index (χ0) is 12.3. The van der Waals surface area contributed by atoms with Gasteiger partial charge in [-0.15, -0.1) is 11.6 Å². The van der Waals surface area contributed by atoms with Crippen molar-refractivity contribution < 1.29 is 9.21 Å². The maximum Gasteiger partial charge on any atom is 0.238 e. The lowest BCUT2D eigenvalue weighted by molar-refractivity contribution is -0.122. The molecule has 4 heteroatoms. The van der Waals surface area contributed by atoms with Crippen molar-refractivity contribution in [2.75, 3.05) is 0 Å². The van der Waals surface area contributed by atoms with Crippen LogP contribution in [0, 0.1) is 5.41 Å². The second kappa shape index (κ2) is 4.91. The van der Waals surface area contributed by atoms with Gasteiger partial charge in [0, 0.05) is 0 Å². The largest absolute Gasteiger partial charge is 0.467 e. The molecular formula is C12H18ClNO2. The van der Waals surface area contributed by atoms with Crippen molar-refractivity contribution in [2.24, 2.45) is 5.41 Å². The molecule has 0 aromatic carbocycles. The van der Waals surface area contributed by atoms with Gasteiger partial charge in [0.15, 0.2) is 0 Å². The first-order valence-corrected chi connectivity index (χ1v) is 5.74. The molecule has 1 rings (SSSR count). The molecule has 0 aliphatic heterocycles. The summed E-state index contributed by atoms with van der Waals surface area (Å²) in [5, 5.41) is 2.35. The minimum Gasteiger partial charge on any atom is -0.467 e. The molecule has 16 heavy (non-hydrogen) atoms. The molecule has 0 saturated carbocycles. The summed E-state index contributed by atoms with van der Waals surface area (Å²) >= 11 is 5.74. The SMILES string of the molecule is CC(Cl)C(=O)NC(c1ccco1)C(C)(C)C. The van der Waals surface area contributed by atoms with Gasteiger partial charge in [0.25, 0.3) is 0 Å². The van der Waals surface area contributed by atoms with E-state index in [0.29, 0.717) is 0 Å². The fourth-order valence-corrected chi connectivity index (χ4v) is 1.49. The van der Waals surface area contributed by atoms with Gasteiger partial charge in [-0.2, -0.15) is 0 Å². The van der Waals surface area contributed by atoms with Crippen molar-refractivity contribution in [1.82, 2.24) is 5.32 Å². The van der Waals surface area contributed by atoms with Crippen LogP contribution in [0.5, 0.6) is 0 Å². The first-order chi connectivity index (χ1) is 7.32. The highest BCUT2D eigenvalue weighted by Crippen LogP contribution is 2.33. The number of halogens is 1. The first kappa shape index (κ1) is 13.1. The maximum atomic E-state index is 11.6. The summed E-state index contributed by atoms with van der Waals surface area (Å²) in [7, 11) is 0. The van der Waals surface area contributed by atoms with Gasteiger partial charge in [0.05, 0.1) is 12.3 Å². The van der Waals surface area contributed by atoms with Crippen LogP contribution in [-0.2, 0) is 4.79 Å². The van der Waals surface area contributed by atoms with E-state index in [1.54, 1.807) is 13.2 Å². The molecule has 2 unspecified atom stereocenters. The summed E-state index contributed by atoms with van der Waals surface area (Å²) < 4.78 is 5.34. The molecule has 0 bridgehead atoms. The highest BCUT2D eigenvalue weighted by Gasteiger charge is 2.30. The Morgan fingerprint density at radius 3 is 2.50 bits per heavy atom. The molecule has 0 saturated heterocycles. The topological polar surface area (TPSA) is 42.2 Å². The number of amides is 1. The lowest BCUT2D eigenvalue weighted by Crippen LogP contribution is -2.39. The molecule has 0 aliphatic carbocycles. The van der Waals surface area contributed by atoms with Crippen LogP contribution >= 0.6 is 11.6 Å². The van der Waals surface area contributed by atoms with E-state index in [1.165, 1.54) is 0 Å². The Morgan fingerprint density at radius 2 is 2.12 bits per heavy atom. The number of carbonyl (C=O) groups is 1. The molecule has 1 heterocycles. The zero-order valence-corrected chi connectivity index (χ0v) is 10.8. The number of alkyl halides is 1. The van der Waals surface area contributed by atoms with E-state index in [1.807, 2.05) is 32.9 Å². The third-order valence-electron chi connectivity index (χ3n) is 2.34. The van der Waals surface area contributed by atoms with Crippen molar-refractivity contribution in [3.8, 4) is 0 Å². The van der Waals surface area contributed by atoms with Gasteiger partial charge >= 0.3 is 0 Å². The van der Waals surface area contributed by atoms with Crippen LogP contribution in [0.15, 0.2) is 22.8 Å². The van der Waals surface area contributed by atoms with Crippen LogP contribution in [0.2, 0.25) is 0 Å². The van der Waals surface area contributed by atoms with Gasteiger partial charge in [0.1, 0.15) is 11.1 Å². The molecule has 1 N–H and O–H groups in total. The van der Waals surface area contributed by atoms with E-state index in [4.69, 9.17) is 16.0 Å². The molecule has 1 aromatic heterocycles. The fourth-order valence-electron chi connectivity index (χ4n) is 1.43. The lowest BCUT2D eigenvalue weighted by atomic mass is 9.85. The van der Waals surface area contributed by atoms with Gasteiger partial charge in [-0.05, 0) is 24.5 Å². The number of hydrogen-bond acceptors (Lipinski definition) is 2. The summed E-state index contributed by atoms with van der Waals surface area (Å²) in [6, 6.07) is 3.50. The monoisotopic (exact) mass is 243 g/mol. The number of nitrogens with one attached hydrogen (secondary N) is 1. The molecule has 90 valence electrons. The van der Waals surface area contributed by atoms with E-state index in [2.05, 4.69) is 5.32 Å². The Morgan fingerprint density at radius 1 is 1.50 bits per heavy atom. The van der Waals surface area contributed by atoms with E-state index in [0.717, 1.165) is 5.76 Å². The van der Waals surface area contributed by atoms with Crippen molar-refractivity contribution >= 4 is 17.5 Å². The normalized spacial score (nSPS) is 15.6. The Bertz CT molecular complexity index is 338. The number of carbonyl (C=O) groups excluding carboxylic acids is 1. The smallest absolute Gasteiger partial charge is 0.238 e. The molecule has 0 fully saturated rings. The molecule has 3 nitrogen and oxygen atoms in total. The van der Waals surface area contributed by atoms with Crippen molar-refractivity contribution in [3.05, 3.63) is 24.2 Å². The van der Waals surface area contributed by atoms with Crippen LogP contribution in [0.1, 0.15) is 39.5 Å². The number of rotatable bonds is 3. The van der Waals surface area contributed by atoms with Crippen LogP contribution in [0.4, 0.5) is 0 Å². The summed E-state index contributed by atoms with van der Waals surface area (Å²) in [6.07, 6.45) is 1.60. The molecule has 0 spiro atoms. The first-order valence-electron chi connectivity index (χ1n) is 5.30. The van der Waals surface area contributed by atoms with Gasteiger partial charge in [-0.25, -0.2) is 0 Å². The Hall–Kier alpha value is -0.960. The van der Waals surface area contributed by atoms with Crippen LogP contribution in [0.25, 0.3) is 0 Å². The summed E-state index contributed by atoms with van der Waals surface area (Å²) in [5.74, 6) is 0.566. The van der Waals surface area contributed by atoms with Crippen LogP contribution in [0.3, 0.4) is 0 Å². The molecule has 2 atom stereocenters. The molecule has 1 aromatic rings. The van der Waals surface area contributed by atoms with Crippen molar-refractivity contribution in [3.63, 3.8) is 0 Å². The third kappa shape index (κ3) is 3.27. The van der Waals surface area contributed by atoms with Crippen molar-refractivity contribution in [2.45, 2.75) is 39.1 Å². The quantitative estimate of drug-likeness (QED) is 0.829. The second-order valence-electron chi connectivity index (χ2n) is 4.94. The highest BCUT2D eigenvalue weighted by molar-refractivity contribution is 6.30. The molecule has 0 aliphatic rings. The van der Waals surface area contributed by atoms with E-state index >= 15 is 0 Å². The van der Waals surface area contributed by atoms with Crippen LogP contribution < -0.4 is 5.32 Å². The van der Waals surface area contributed by atoms with Gasteiger partial charge in [-0.3, -0.25) is 4.79 Å². The third-order valence-corrected chi connectivity index (χ3v) is 2.54. The zero-order valence-electron chi connectivity index (χ0n) is 10.1.